The number of unbranched alkanes of at least 4 members (excludes halogenated alkanes) is 1. The Hall–Kier alpha value is -2.14. The van der Waals surface area contributed by atoms with Gasteiger partial charge in [0.15, 0.2) is 0 Å². The summed E-state index contributed by atoms with van der Waals surface area (Å²) in [5, 5.41) is 13.3. The third-order valence-corrected chi connectivity index (χ3v) is 4.44. The van der Waals surface area contributed by atoms with Gasteiger partial charge in [0, 0.05) is 11.4 Å². The smallest absolute Gasteiger partial charge is 0.202 e. The molecule has 0 atom stereocenters. The Morgan fingerprint density at radius 1 is 1.36 bits per heavy atom. The Morgan fingerprint density at radius 2 is 2.18 bits per heavy atom. The summed E-state index contributed by atoms with van der Waals surface area (Å²) in [5.74, 6) is 0.182. The van der Waals surface area contributed by atoms with Crippen LogP contribution >= 0.6 is 11.3 Å². The van der Waals surface area contributed by atoms with Crippen molar-refractivity contribution in [3.63, 3.8) is 0 Å². The first-order valence-corrected chi connectivity index (χ1v) is 8.18. The lowest BCUT2D eigenvalue weighted by Gasteiger charge is -2.06. The molecule has 0 unspecified atom stereocenters. The Balaban J connectivity index is 2.17. The van der Waals surface area contributed by atoms with Crippen molar-refractivity contribution in [2.75, 3.05) is 0 Å². The Labute approximate surface area is 132 Å². The van der Waals surface area contributed by atoms with Crippen molar-refractivity contribution in [3.8, 4) is 17.0 Å². The molecule has 2 heterocycles. The van der Waals surface area contributed by atoms with Gasteiger partial charge in [0.1, 0.15) is 17.6 Å². The molecule has 0 aliphatic heterocycles. The quantitative estimate of drug-likeness (QED) is 0.781. The Morgan fingerprint density at radius 3 is 2.86 bits per heavy atom. The van der Waals surface area contributed by atoms with E-state index in [0.29, 0.717) is 22.2 Å². The van der Waals surface area contributed by atoms with Crippen LogP contribution in [0, 0.1) is 6.92 Å². The predicted molar refractivity (Wildman–Crippen MR) is 88.6 cm³/mol. The molecule has 1 N–H and O–H groups in total. The summed E-state index contributed by atoms with van der Waals surface area (Å²) in [6, 6.07) is 3.27. The monoisotopic (exact) mass is 315 g/mol. The minimum absolute atomic E-state index is 0.107. The van der Waals surface area contributed by atoms with Crippen molar-refractivity contribution in [2.24, 2.45) is 0 Å². The van der Waals surface area contributed by atoms with Gasteiger partial charge in [0.05, 0.1) is 21.7 Å². The zero-order chi connectivity index (χ0) is 15.7. The van der Waals surface area contributed by atoms with Crippen molar-refractivity contribution in [3.05, 3.63) is 44.6 Å². The molecule has 22 heavy (non-hydrogen) atoms. The molecule has 0 saturated carbocycles. The normalized spacial score (nSPS) is 11.2. The fourth-order valence-electron chi connectivity index (χ4n) is 2.44. The number of benzene rings is 1. The third-order valence-electron chi connectivity index (χ3n) is 3.67. The molecule has 114 valence electrons. The van der Waals surface area contributed by atoms with Gasteiger partial charge in [0.25, 0.3) is 0 Å². The molecule has 4 nitrogen and oxygen atoms in total. The third kappa shape index (κ3) is 2.64. The first-order valence-electron chi connectivity index (χ1n) is 7.30. The van der Waals surface area contributed by atoms with E-state index >= 15 is 0 Å². The number of aromatic nitrogens is 1. The summed E-state index contributed by atoms with van der Waals surface area (Å²) < 4.78 is 5.53. The maximum Gasteiger partial charge on any atom is 0.202 e. The van der Waals surface area contributed by atoms with Gasteiger partial charge in [-0.05, 0) is 31.4 Å². The first-order chi connectivity index (χ1) is 10.6. The average molecular weight is 315 g/mol. The number of aryl methyl sites for hydroxylation is 2. The number of nitrogens with zero attached hydrogens (tertiary/aromatic N) is 1. The van der Waals surface area contributed by atoms with Crippen LogP contribution in [0.15, 0.2) is 33.0 Å². The van der Waals surface area contributed by atoms with Crippen LogP contribution in [-0.2, 0) is 6.42 Å². The summed E-state index contributed by atoms with van der Waals surface area (Å²) >= 11 is 1.50. The second-order valence-corrected chi connectivity index (χ2v) is 6.37. The van der Waals surface area contributed by atoms with E-state index in [1.54, 1.807) is 6.07 Å². The van der Waals surface area contributed by atoms with Gasteiger partial charge in [-0.15, -0.1) is 11.3 Å². The average Bonchev–Trinajstić information content (AvgIpc) is 2.92. The Kier molecular flexibility index (Phi) is 3.98. The summed E-state index contributed by atoms with van der Waals surface area (Å²) in [6.07, 6.45) is 4.17. The molecule has 1 aromatic carbocycles. The van der Waals surface area contributed by atoms with Gasteiger partial charge in [0.2, 0.25) is 5.43 Å². The van der Waals surface area contributed by atoms with Crippen LogP contribution in [0.5, 0.6) is 5.75 Å². The van der Waals surface area contributed by atoms with E-state index in [1.165, 1.54) is 23.7 Å². The Bertz CT molecular complexity index is 879. The van der Waals surface area contributed by atoms with Crippen LogP contribution in [0.25, 0.3) is 22.2 Å². The minimum Gasteiger partial charge on any atom is -0.508 e. The fraction of sp³-hybridized carbons (Fsp3) is 0.294. The zero-order valence-corrected chi connectivity index (χ0v) is 13.4. The van der Waals surface area contributed by atoms with Crippen molar-refractivity contribution in [2.45, 2.75) is 33.1 Å². The number of phenolic OH excluding ortho intramolecular Hbond substituents is 1. The lowest BCUT2D eigenvalue weighted by molar-refractivity contribution is 0.466. The maximum atomic E-state index is 12.7. The van der Waals surface area contributed by atoms with Gasteiger partial charge < -0.3 is 9.52 Å². The molecular weight excluding hydrogens is 298 g/mol. The predicted octanol–water partition coefficient (Wildman–Crippen LogP) is 4.27. The molecule has 0 spiro atoms. The van der Waals surface area contributed by atoms with E-state index in [1.807, 2.05) is 12.3 Å². The molecule has 5 heteroatoms. The largest absolute Gasteiger partial charge is 0.508 e. The van der Waals surface area contributed by atoms with Gasteiger partial charge >= 0.3 is 0 Å². The molecule has 0 aliphatic rings. The minimum atomic E-state index is -0.107. The molecule has 3 aromatic rings. The fourth-order valence-corrected chi connectivity index (χ4v) is 3.05. The molecule has 0 radical (unpaired) electrons. The topological polar surface area (TPSA) is 63.3 Å². The van der Waals surface area contributed by atoms with Crippen LogP contribution in [0.2, 0.25) is 0 Å². The van der Waals surface area contributed by atoms with Crippen molar-refractivity contribution < 1.29 is 9.52 Å². The van der Waals surface area contributed by atoms with Crippen molar-refractivity contribution in [1.29, 1.82) is 0 Å². The van der Waals surface area contributed by atoms with Gasteiger partial charge in [-0.2, -0.15) is 0 Å². The second kappa shape index (κ2) is 5.93. The molecule has 0 aliphatic carbocycles. The zero-order valence-electron chi connectivity index (χ0n) is 12.5. The van der Waals surface area contributed by atoms with Crippen molar-refractivity contribution >= 4 is 22.3 Å². The van der Waals surface area contributed by atoms with Crippen LogP contribution in [0.4, 0.5) is 0 Å². The molecule has 2 aromatic heterocycles. The number of phenols is 1. The number of thiazole rings is 1. The van der Waals surface area contributed by atoms with Gasteiger partial charge in [-0.3, -0.25) is 4.79 Å². The number of rotatable bonds is 4. The highest BCUT2D eigenvalue weighted by molar-refractivity contribution is 7.09. The maximum absolute atomic E-state index is 12.7. The second-order valence-electron chi connectivity index (χ2n) is 5.31. The highest BCUT2D eigenvalue weighted by atomic mass is 32.1. The van der Waals surface area contributed by atoms with E-state index in [4.69, 9.17) is 4.42 Å². The van der Waals surface area contributed by atoms with E-state index in [-0.39, 0.29) is 11.2 Å². The van der Waals surface area contributed by atoms with Crippen molar-refractivity contribution in [1.82, 2.24) is 4.98 Å². The van der Waals surface area contributed by atoms with E-state index < -0.39 is 0 Å². The number of fused-ring (bicyclic) bond motifs is 1. The lowest BCUT2D eigenvalue weighted by atomic mass is 10.0. The first kappa shape index (κ1) is 14.8. The van der Waals surface area contributed by atoms with Crippen LogP contribution in [0.1, 0.15) is 30.3 Å². The summed E-state index contributed by atoms with van der Waals surface area (Å²) in [7, 11) is 0. The van der Waals surface area contributed by atoms with Crippen LogP contribution < -0.4 is 5.43 Å². The molecule has 0 saturated heterocycles. The number of hydrogen-bond donors (Lipinski definition) is 1. The number of hydrogen-bond acceptors (Lipinski definition) is 5. The molecule has 0 bridgehead atoms. The number of aromatic hydroxyl groups is 1. The highest BCUT2D eigenvalue weighted by Gasteiger charge is 2.14. The summed E-state index contributed by atoms with van der Waals surface area (Å²) in [6.45, 7) is 3.99. The molecule has 0 amide bonds. The molecular formula is C17H17NO3S. The summed E-state index contributed by atoms with van der Waals surface area (Å²) in [4.78, 5) is 17.0. The molecule has 0 fully saturated rings. The van der Waals surface area contributed by atoms with Gasteiger partial charge in [-0.1, -0.05) is 13.3 Å². The van der Waals surface area contributed by atoms with Gasteiger partial charge in [-0.25, -0.2) is 4.98 Å². The van der Waals surface area contributed by atoms with Crippen LogP contribution in [-0.4, -0.2) is 10.1 Å². The van der Waals surface area contributed by atoms with Crippen LogP contribution in [0.3, 0.4) is 0 Å². The lowest BCUT2D eigenvalue weighted by Crippen LogP contribution is -2.05. The summed E-state index contributed by atoms with van der Waals surface area (Å²) in [5.41, 5.74) is 2.18. The van der Waals surface area contributed by atoms with E-state index in [0.717, 1.165) is 29.8 Å². The van der Waals surface area contributed by atoms with E-state index in [2.05, 4.69) is 11.9 Å². The molecule has 3 rings (SSSR count). The standard InChI is InChI=1S/C17H17NO3S/c1-3-4-5-11-6-12-16(7-15(11)19)21-8-13(17(12)20)14-9-22-10(2)18-14/h6-9,19H,3-5H2,1-2H3. The SMILES string of the molecule is CCCCc1cc2c(=O)c(-c3csc(C)n3)coc2cc1O. The highest BCUT2D eigenvalue weighted by Crippen LogP contribution is 2.27. The van der Waals surface area contributed by atoms with E-state index in [9.17, 15) is 9.90 Å².